The molecule has 0 aliphatic carbocycles. The smallest absolute Gasteiger partial charge is 0.420 e. The van der Waals surface area contributed by atoms with Crippen molar-refractivity contribution in [2.45, 2.75) is 6.54 Å². The summed E-state index contributed by atoms with van der Waals surface area (Å²) in [5.41, 5.74) is 2.28. The molecule has 1 aromatic heterocycles. The minimum atomic E-state index is -0.367. The first-order chi connectivity index (χ1) is 9.69. The van der Waals surface area contributed by atoms with Crippen molar-refractivity contribution in [3.63, 3.8) is 0 Å². The number of ether oxygens (including phenoxy) is 1. The van der Waals surface area contributed by atoms with Gasteiger partial charge in [0.25, 0.3) is 0 Å². The number of fused-ring (bicyclic) bond motifs is 1. The second kappa shape index (κ2) is 5.17. The third-order valence-electron chi connectivity index (χ3n) is 3.14. The van der Waals surface area contributed by atoms with Crippen LogP contribution in [0.1, 0.15) is 5.56 Å². The van der Waals surface area contributed by atoms with Crippen molar-refractivity contribution < 1.29 is 9.15 Å². The molecule has 0 saturated carbocycles. The summed E-state index contributed by atoms with van der Waals surface area (Å²) < 4.78 is 13.1. The average molecular weight is 334 g/mol. The summed E-state index contributed by atoms with van der Waals surface area (Å²) in [5, 5.41) is 0. The lowest BCUT2D eigenvalue weighted by Gasteiger charge is -2.09. The fourth-order valence-electron chi connectivity index (χ4n) is 2.20. The number of hydrogen-bond donors (Lipinski definition) is 0. The predicted molar refractivity (Wildman–Crippen MR) is 80.3 cm³/mol. The van der Waals surface area contributed by atoms with Crippen LogP contribution < -0.4 is 10.5 Å². The van der Waals surface area contributed by atoms with Gasteiger partial charge in [-0.2, -0.15) is 0 Å². The zero-order chi connectivity index (χ0) is 14.1. The highest BCUT2D eigenvalue weighted by atomic mass is 79.9. The number of hydrogen-bond acceptors (Lipinski definition) is 3. The van der Waals surface area contributed by atoms with Crippen molar-refractivity contribution in [3.05, 3.63) is 63.1 Å². The molecule has 102 valence electrons. The van der Waals surface area contributed by atoms with Crippen LogP contribution in [0.15, 0.2) is 56.1 Å². The number of nitrogens with zero attached hydrogens (tertiary/aromatic N) is 1. The maximum atomic E-state index is 12.0. The molecule has 0 aliphatic rings. The largest absolute Gasteiger partial charge is 0.496 e. The van der Waals surface area contributed by atoms with Crippen LogP contribution in [-0.4, -0.2) is 11.7 Å². The fourth-order valence-corrected chi connectivity index (χ4v) is 2.61. The second-order valence-electron chi connectivity index (χ2n) is 4.38. The summed E-state index contributed by atoms with van der Waals surface area (Å²) in [6.07, 6.45) is 0. The van der Waals surface area contributed by atoms with Crippen molar-refractivity contribution in [2.24, 2.45) is 0 Å². The van der Waals surface area contributed by atoms with Gasteiger partial charge in [-0.05, 0) is 30.3 Å². The molecule has 0 amide bonds. The quantitative estimate of drug-likeness (QED) is 0.737. The van der Waals surface area contributed by atoms with E-state index in [1.165, 1.54) is 0 Å². The van der Waals surface area contributed by atoms with Crippen molar-refractivity contribution >= 4 is 27.0 Å². The molecule has 2 aromatic carbocycles. The Morgan fingerprint density at radius 3 is 2.85 bits per heavy atom. The Labute approximate surface area is 123 Å². The van der Waals surface area contributed by atoms with Crippen molar-refractivity contribution in [2.75, 3.05) is 7.11 Å². The van der Waals surface area contributed by atoms with Gasteiger partial charge in [-0.15, -0.1) is 0 Å². The Kier molecular flexibility index (Phi) is 3.36. The lowest BCUT2D eigenvalue weighted by atomic mass is 10.2. The highest BCUT2D eigenvalue weighted by Crippen LogP contribution is 2.24. The Hall–Kier alpha value is -2.01. The molecule has 0 aliphatic heterocycles. The van der Waals surface area contributed by atoms with E-state index in [4.69, 9.17) is 9.15 Å². The zero-order valence-corrected chi connectivity index (χ0v) is 12.4. The molecule has 0 atom stereocenters. The van der Waals surface area contributed by atoms with Crippen LogP contribution in [0, 0.1) is 0 Å². The van der Waals surface area contributed by atoms with Crippen molar-refractivity contribution in [1.29, 1.82) is 0 Å². The highest BCUT2D eigenvalue weighted by Gasteiger charge is 2.11. The van der Waals surface area contributed by atoms with E-state index in [-0.39, 0.29) is 5.76 Å². The van der Waals surface area contributed by atoms with Crippen LogP contribution in [0.2, 0.25) is 0 Å². The predicted octanol–water partition coefficient (Wildman–Crippen LogP) is 3.41. The van der Waals surface area contributed by atoms with Gasteiger partial charge in [0.15, 0.2) is 5.58 Å². The Morgan fingerprint density at radius 1 is 1.25 bits per heavy atom. The van der Waals surface area contributed by atoms with Crippen LogP contribution in [-0.2, 0) is 6.54 Å². The van der Waals surface area contributed by atoms with Gasteiger partial charge in [0, 0.05) is 10.0 Å². The van der Waals surface area contributed by atoms with E-state index in [1.807, 2.05) is 36.4 Å². The van der Waals surface area contributed by atoms with Crippen molar-refractivity contribution in [1.82, 2.24) is 4.57 Å². The van der Waals surface area contributed by atoms with Crippen LogP contribution >= 0.6 is 15.9 Å². The van der Waals surface area contributed by atoms with Gasteiger partial charge in [-0.1, -0.05) is 28.1 Å². The number of halogens is 1. The first-order valence-corrected chi connectivity index (χ1v) is 6.89. The molecule has 0 spiro atoms. The van der Waals surface area contributed by atoms with Crippen LogP contribution in [0.5, 0.6) is 5.75 Å². The van der Waals surface area contributed by atoms with Gasteiger partial charge < -0.3 is 9.15 Å². The summed E-state index contributed by atoms with van der Waals surface area (Å²) in [6.45, 7) is 0.401. The molecule has 5 heteroatoms. The summed E-state index contributed by atoms with van der Waals surface area (Å²) >= 11 is 3.43. The number of aromatic nitrogens is 1. The minimum absolute atomic E-state index is 0.367. The summed E-state index contributed by atoms with van der Waals surface area (Å²) in [7, 11) is 1.61. The summed E-state index contributed by atoms with van der Waals surface area (Å²) in [6, 6.07) is 13.1. The second-order valence-corrected chi connectivity index (χ2v) is 5.29. The first kappa shape index (κ1) is 13.0. The zero-order valence-electron chi connectivity index (χ0n) is 10.8. The summed E-state index contributed by atoms with van der Waals surface area (Å²) in [5.74, 6) is 0.374. The van der Waals surface area contributed by atoms with E-state index in [2.05, 4.69) is 15.9 Å². The van der Waals surface area contributed by atoms with Gasteiger partial charge in [0.1, 0.15) is 5.75 Å². The standard InChI is InChI=1S/C15H12BrNO3/c1-19-13-7-6-11(16)8-10(13)9-17-12-4-2-3-5-14(12)20-15(17)18/h2-8H,9H2,1H3. The molecule has 0 N–H and O–H groups in total. The number of para-hydroxylation sites is 2. The monoisotopic (exact) mass is 333 g/mol. The molecule has 3 aromatic rings. The van der Waals surface area contributed by atoms with E-state index in [9.17, 15) is 4.79 Å². The Morgan fingerprint density at radius 2 is 2.05 bits per heavy atom. The molecule has 0 bridgehead atoms. The fraction of sp³-hybridized carbons (Fsp3) is 0.133. The topological polar surface area (TPSA) is 44.4 Å². The average Bonchev–Trinajstić information content (AvgIpc) is 2.76. The van der Waals surface area contributed by atoms with Crippen LogP contribution in [0.3, 0.4) is 0 Å². The number of methoxy groups -OCH3 is 1. The normalized spacial score (nSPS) is 10.9. The van der Waals surface area contributed by atoms with Crippen LogP contribution in [0.4, 0.5) is 0 Å². The summed E-state index contributed by atoms with van der Waals surface area (Å²) in [4.78, 5) is 12.0. The number of oxazole rings is 1. The molecule has 1 heterocycles. The molecular formula is C15H12BrNO3. The minimum Gasteiger partial charge on any atom is -0.496 e. The van der Waals surface area contributed by atoms with Gasteiger partial charge in [-0.3, -0.25) is 4.57 Å². The molecular weight excluding hydrogens is 322 g/mol. The first-order valence-electron chi connectivity index (χ1n) is 6.10. The van der Waals surface area contributed by atoms with E-state index in [1.54, 1.807) is 17.7 Å². The molecule has 0 radical (unpaired) electrons. The van der Waals surface area contributed by atoms with E-state index in [0.717, 1.165) is 21.3 Å². The molecule has 0 unspecified atom stereocenters. The van der Waals surface area contributed by atoms with Gasteiger partial charge >= 0.3 is 5.76 Å². The van der Waals surface area contributed by atoms with E-state index >= 15 is 0 Å². The Bertz CT molecular complexity index is 819. The third kappa shape index (κ3) is 2.25. The third-order valence-corrected chi connectivity index (χ3v) is 3.64. The van der Waals surface area contributed by atoms with Gasteiger partial charge in [0.2, 0.25) is 0 Å². The lowest BCUT2D eigenvalue weighted by molar-refractivity contribution is 0.407. The molecule has 0 saturated heterocycles. The number of rotatable bonds is 3. The molecule has 20 heavy (non-hydrogen) atoms. The number of benzene rings is 2. The van der Waals surface area contributed by atoms with E-state index in [0.29, 0.717) is 12.1 Å². The van der Waals surface area contributed by atoms with Gasteiger partial charge in [-0.25, -0.2) is 4.79 Å². The maximum absolute atomic E-state index is 12.0. The molecule has 4 nitrogen and oxygen atoms in total. The van der Waals surface area contributed by atoms with E-state index < -0.39 is 0 Å². The molecule has 0 fully saturated rings. The van der Waals surface area contributed by atoms with Crippen molar-refractivity contribution in [3.8, 4) is 5.75 Å². The lowest BCUT2D eigenvalue weighted by Crippen LogP contribution is -2.15. The SMILES string of the molecule is COc1ccc(Br)cc1Cn1c(=O)oc2ccccc21. The maximum Gasteiger partial charge on any atom is 0.420 e. The van der Waals surface area contributed by atoms with Crippen LogP contribution in [0.25, 0.3) is 11.1 Å². The van der Waals surface area contributed by atoms with Gasteiger partial charge in [0.05, 0.1) is 19.2 Å². The highest BCUT2D eigenvalue weighted by molar-refractivity contribution is 9.10. The Balaban J connectivity index is 2.12. The molecule has 3 rings (SSSR count).